The SMILES string of the molecule is O=C(O)c1cc(OC2CCC(C(=O)OCc3cccc4ccccc34)CC2)c(F)cc1Cl. The van der Waals surface area contributed by atoms with Gasteiger partial charge in [-0.25, -0.2) is 9.18 Å². The summed E-state index contributed by atoms with van der Waals surface area (Å²) < 4.78 is 25.4. The highest BCUT2D eigenvalue weighted by atomic mass is 35.5. The third-order valence-corrected chi connectivity index (χ3v) is 6.12. The van der Waals surface area contributed by atoms with Gasteiger partial charge < -0.3 is 14.6 Å². The number of rotatable bonds is 6. The van der Waals surface area contributed by atoms with E-state index < -0.39 is 11.8 Å². The summed E-state index contributed by atoms with van der Waals surface area (Å²) in [6.07, 6.45) is 1.88. The Morgan fingerprint density at radius 1 is 1.03 bits per heavy atom. The molecule has 0 bridgehead atoms. The first kappa shape index (κ1) is 22.1. The van der Waals surface area contributed by atoms with E-state index in [-0.39, 0.29) is 40.9 Å². The second-order valence-corrected chi connectivity index (χ2v) is 8.31. The van der Waals surface area contributed by atoms with Gasteiger partial charge in [0.05, 0.1) is 22.6 Å². The fourth-order valence-corrected chi connectivity index (χ4v) is 4.30. The Bertz CT molecular complexity index is 1150. The van der Waals surface area contributed by atoms with Crippen LogP contribution in [0.3, 0.4) is 0 Å². The lowest BCUT2D eigenvalue weighted by atomic mass is 9.87. The molecule has 0 heterocycles. The Balaban J connectivity index is 1.32. The minimum absolute atomic E-state index is 0.145. The van der Waals surface area contributed by atoms with Crippen molar-refractivity contribution in [1.29, 1.82) is 0 Å². The summed E-state index contributed by atoms with van der Waals surface area (Å²) in [5, 5.41) is 11.1. The van der Waals surface area contributed by atoms with Crippen molar-refractivity contribution in [2.24, 2.45) is 5.92 Å². The van der Waals surface area contributed by atoms with E-state index in [1.807, 2.05) is 42.5 Å². The zero-order chi connectivity index (χ0) is 22.7. The number of carbonyl (C=O) groups excluding carboxylic acids is 1. The smallest absolute Gasteiger partial charge is 0.337 e. The maximum absolute atomic E-state index is 14.1. The maximum atomic E-state index is 14.1. The molecule has 1 N–H and O–H groups in total. The van der Waals surface area contributed by atoms with Crippen molar-refractivity contribution in [1.82, 2.24) is 0 Å². The van der Waals surface area contributed by atoms with Gasteiger partial charge in [0, 0.05) is 0 Å². The highest BCUT2D eigenvalue weighted by Gasteiger charge is 2.29. The number of hydrogen-bond acceptors (Lipinski definition) is 4. The van der Waals surface area contributed by atoms with Crippen molar-refractivity contribution < 1.29 is 28.6 Å². The van der Waals surface area contributed by atoms with Gasteiger partial charge in [-0.15, -0.1) is 0 Å². The van der Waals surface area contributed by atoms with Gasteiger partial charge in [-0.1, -0.05) is 54.1 Å². The summed E-state index contributed by atoms with van der Waals surface area (Å²) in [6, 6.07) is 15.9. The molecule has 3 aromatic rings. The van der Waals surface area contributed by atoms with Crippen LogP contribution in [0.2, 0.25) is 5.02 Å². The van der Waals surface area contributed by atoms with Gasteiger partial charge in [0.2, 0.25) is 0 Å². The Morgan fingerprint density at radius 2 is 1.75 bits per heavy atom. The molecule has 1 saturated carbocycles. The van der Waals surface area contributed by atoms with E-state index in [2.05, 4.69) is 0 Å². The van der Waals surface area contributed by atoms with Crippen molar-refractivity contribution in [2.45, 2.75) is 38.4 Å². The van der Waals surface area contributed by atoms with E-state index in [4.69, 9.17) is 26.2 Å². The topological polar surface area (TPSA) is 72.8 Å². The molecule has 0 saturated heterocycles. The maximum Gasteiger partial charge on any atom is 0.337 e. The number of carbonyl (C=O) groups is 2. The second kappa shape index (κ2) is 9.57. The van der Waals surface area contributed by atoms with Crippen LogP contribution in [0.15, 0.2) is 54.6 Å². The monoisotopic (exact) mass is 456 g/mol. The van der Waals surface area contributed by atoms with Gasteiger partial charge in [-0.2, -0.15) is 0 Å². The Labute approximate surface area is 189 Å². The number of benzene rings is 3. The summed E-state index contributed by atoms with van der Waals surface area (Å²) in [7, 11) is 0. The molecule has 3 aromatic carbocycles. The summed E-state index contributed by atoms with van der Waals surface area (Å²) in [4.78, 5) is 23.8. The van der Waals surface area contributed by atoms with E-state index in [9.17, 15) is 14.0 Å². The first-order valence-corrected chi connectivity index (χ1v) is 10.8. The molecule has 1 aliphatic carbocycles. The fraction of sp³-hybridized carbons (Fsp3) is 0.280. The van der Waals surface area contributed by atoms with E-state index >= 15 is 0 Å². The molecule has 0 spiro atoms. The van der Waals surface area contributed by atoms with Crippen molar-refractivity contribution in [3.05, 3.63) is 76.6 Å². The first-order valence-electron chi connectivity index (χ1n) is 10.4. The zero-order valence-electron chi connectivity index (χ0n) is 17.2. The number of ether oxygens (including phenoxy) is 2. The summed E-state index contributed by atoms with van der Waals surface area (Å²) in [6.45, 7) is 0.213. The molecule has 0 aliphatic heterocycles. The number of aromatic carboxylic acids is 1. The highest BCUT2D eigenvalue weighted by molar-refractivity contribution is 6.33. The van der Waals surface area contributed by atoms with Gasteiger partial charge in [0.15, 0.2) is 11.6 Å². The quantitative estimate of drug-likeness (QED) is 0.460. The molecule has 0 amide bonds. The predicted molar refractivity (Wildman–Crippen MR) is 118 cm³/mol. The van der Waals surface area contributed by atoms with Crippen LogP contribution in [0, 0.1) is 11.7 Å². The molecular weight excluding hydrogens is 435 g/mol. The molecule has 0 atom stereocenters. The molecule has 4 rings (SSSR count). The first-order chi connectivity index (χ1) is 15.4. The van der Waals surface area contributed by atoms with Crippen LogP contribution in [-0.4, -0.2) is 23.1 Å². The van der Waals surface area contributed by atoms with Crippen molar-refractivity contribution >= 4 is 34.3 Å². The fourth-order valence-electron chi connectivity index (χ4n) is 4.06. The van der Waals surface area contributed by atoms with E-state index in [0.717, 1.165) is 28.5 Å². The largest absolute Gasteiger partial charge is 0.487 e. The van der Waals surface area contributed by atoms with Crippen LogP contribution in [0.25, 0.3) is 10.8 Å². The minimum atomic E-state index is -1.25. The molecule has 166 valence electrons. The summed E-state index contributed by atoms with van der Waals surface area (Å²) >= 11 is 5.77. The van der Waals surface area contributed by atoms with E-state index in [1.165, 1.54) is 0 Å². The summed E-state index contributed by atoms with van der Waals surface area (Å²) in [5.41, 5.74) is 0.745. The lowest BCUT2D eigenvalue weighted by Gasteiger charge is -2.28. The average Bonchev–Trinajstić information content (AvgIpc) is 2.79. The third kappa shape index (κ3) is 4.86. The summed E-state index contributed by atoms with van der Waals surface area (Å²) in [5.74, 6) is -2.60. The Morgan fingerprint density at radius 3 is 2.50 bits per heavy atom. The molecule has 7 heteroatoms. The minimum Gasteiger partial charge on any atom is -0.487 e. The number of carboxylic acids is 1. The molecule has 0 radical (unpaired) electrons. The molecule has 0 aromatic heterocycles. The number of fused-ring (bicyclic) bond motifs is 1. The molecule has 0 unspecified atom stereocenters. The zero-order valence-corrected chi connectivity index (χ0v) is 18.0. The number of hydrogen-bond donors (Lipinski definition) is 1. The third-order valence-electron chi connectivity index (χ3n) is 5.80. The van der Waals surface area contributed by atoms with Crippen molar-refractivity contribution in [3.63, 3.8) is 0 Å². The van der Waals surface area contributed by atoms with Crippen LogP contribution in [0.4, 0.5) is 4.39 Å². The Hall–Kier alpha value is -3.12. The van der Waals surface area contributed by atoms with Gasteiger partial charge in [0.25, 0.3) is 0 Å². The van der Waals surface area contributed by atoms with Crippen LogP contribution < -0.4 is 4.74 Å². The van der Waals surface area contributed by atoms with Crippen molar-refractivity contribution in [3.8, 4) is 5.75 Å². The van der Waals surface area contributed by atoms with Gasteiger partial charge in [0.1, 0.15) is 6.61 Å². The van der Waals surface area contributed by atoms with Crippen LogP contribution >= 0.6 is 11.6 Å². The number of carboxylic acid groups (broad SMARTS) is 1. The Kier molecular flexibility index (Phi) is 6.61. The highest BCUT2D eigenvalue weighted by Crippen LogP contribution is 2.32. The molecular formula is C25H22ClFO5. The molecule has 1 aliphatic rings. The predicted octanol–water partition coefficient (Wildman–Crippen LogP) is 6.01. The number of esters is 1. The lowest BCUT2D eigenvalue weighted by molar-refractivity contribution is -0.151. The molecule has 32 heavy (non-hydrogen) atoms. The van der Waals surface area contributed by atoms with Gasteiger partial charge >= 0.3 is 11.9 Å². The van der Waals surface area contributed by atoms with E-state index in [0.29, 0.717) is 25.7 Å². The molecule has 1 fully saturated rings. The molecule has 5 nitrogen and oxygen atoms in total. The van der Waals surface area contributed by atoms with Crippen LogP contribution in [-0.2, 0) is 16.1 Å². The van der Waals surface area contributed by atoms with E-state index in [1.54, 1.807) is 0 Å². The van der Waals surface area contributed by atoms with Crippen LogP contribution in [0.1, 0.15) is 41.6 Å². The standard InChI is InChI=1S/C25H22ClFO5/c26-21-13-22(27)23(12-20(21)24(28)29)32-18-10-8-16(9-11-18)25(30)31-14-17-6-3-5-15-4-1-2-7-19(15)17/h1-7,12-13,16,18H,8-11,14H2,(H,28,29). The second-order valence-electron chi connectivity index (χ2n) is 7.91. The van der Waals surface area contributed by atoms with Crippen molar-refractivity contribution in [2.75, 3.05) is 0 Å². The normalized spacial score (nSPS) is 18.3. The average molecular weight is 457 g/mol. The van der Waals surface area contributed by atoms with Gasteiger partial charge in [-0.05, 0) is 54.2 Å². The van der Waals surface area contributed by atoms with Gasteiger partial charge in [-0.3, -0.25) is 4.79 Å². The number of halogens is 2. The lowest BCUT2D eigenvalue weighted by Crippen LogP contribution is -2.29. The van der Waals surface area contributed by atoms with Crippen LogP contribution in [0.5, 0.6) is 5.75 Å².